The Kier molecular flexibility index (Phi) is 7.90. The number of hydrogen-bond donors (Lipinski definition) is 4. The molecule has 8 nitrogen and oxygen atoms in total. The third-order valence-corrected chi connectivity index (χ3v) is 5.94. The van der Waals surface area contributed by atoms with E-state index in [0.717, 1.165) is 0 Å². The van der Waals surface area contributed by atoms with Crippen LogP contribution in [0.15, 0.2) is 77.5 Å². The van der Waals surface area contributed by atoms with Gasteiger partial charge in [-0.15, -0.1) is 0 Å². The molecule has 0 aliphatic carbocycles. The largest absolute Gasteiger partial charge is 0.495 e. The molecule has 0 radical (unpaired) electrons. The number of halogens is 1. The zero-order valence-corrected chi connectivity index (χ0v) is 19.2. The van der Waals surface area contributed by atoms with E-state index in [-0.39, 0.29) is 22.8 Å². The summed E-state index contributed by atoms with van der Waals surface area (Å²) in [6.45, 7) is 1.46. The summed E-state index contributed by atoms with van der Waals surface area (Å²) in [6, 6.07) is 18.0. The van der Waals surface area contributed by atoms with Crippen molar-refractivity contribution in [1.29, 1.82) is 5.41 Å². The van der Waals surface area contributed by atoms with E-state index in [9.17, 15) is 13.4 Å². The van der Waals surface area contributed by atoms with Crippen LogP contribution in [0.25, 0.3) is 16.7 Å². The third kappa shape index (κ3) is 5.37. The maximum absolute atomic E-state index is 14.9. The lowest BCUT2D eigenvalue weighted by molar-refractivity contribution is -0.114. The summed E-state index contributed by atoms with van der Waals surface area (Å²) in [6.07, 6.45) is 0. The lowest BCUT2D eigenvalue weighted by atomic mass is 10.0. The molecular weight excluding hydrogens is 459 g/mol. The van der Waals surface area contributed by atoms with E-state index < -0.39 is 22.8 Å². The van der Waals surface area contributed by atoms with Gasteiger partial charge in [-0.2, -0.15) is 10.2 Å². The van der Waals surface area contributed by atoms with Gasteiger partial charge in [0, 0.05) is 11.1 Å². The molecule has 1 unspecified atom stereocenters. The first-order valence-electron chi connectivity index (χ1n) is 9.95. The van der Waals surface area contributed by atoms with E-state index >= 15 is 0 Å². The van der Waals surface area contributed by atoms with Crippen molar-refractivity contribution in [2.75, 3.05) is 12.4 Å². The summed E-state index contributed by atoms with van der Waals surface area (Å²) in [5.74, 6) is 3.23. The fourth-order valence-corrected chi connectivity index (χ4v) is 3.92. The van der Waals surface area contributed by atoms with Gasteiger partial charge in [-0.05, 0) is 47.9 Å². The Morgan fingerprint density at radius 2 is 1.76 bits per heavy atom. The summed E-state index contributed by atoms with van der Waals surface area (Å²) >= 11 is -1.87. The Balaban J connectivity index is 1.91. The normalized spacial score (nSPS) is 12.5. The van der Waals surface area contributed by atoms with Crippen molar-refractivity contribution in [3.63, 3.8) is 0 Å². The van der Waals surface area contributed by atoms with E-state index in [1.54, 1.807) is 60.7 Å². The minimum atomic E-state index is -1.87. The second-order valence-electron chi connectivity index (χ2n) is 7.13. The Morgan fingerprint density at radius 1 is 1.06 bits per heavy atom. The highest BCUT2D eigenvalue weighted by Crippen LogP contribution is 2.34. The fraction of sp³-hybridized carbons (Fsp3) is 0.0833. The average Bonchev–Trinajstić information content (AvgIpc) is 2.87. The Hall–Kier alpha value is -3.86. The van der Waals surface area contributed by atoms with Crippen LogP contribution in [0.1, 0.15) is 18.1 Å². The number of amides is 1. The Morgan fingerprint density at radius 3 is 2.44 bits per heavy atom. The predicted octanol–water partition coefficient (Wildman–Crippen LogP) is 3.90. The van der Waals surface area contributed by atoms with Crippen molar-refractivity contribution in [1.82, 2.24) is 0 Å². The van der Waals surface area contributed by atoms with Gasteiger partial charge < -0.3 is 15.8 Å². The van der Waals surface area contributed by atoms with Crippen molar-refractivity contribution in [2.24, 2.45) is 11.6 Å². The highest BCUT2D eigenvalue weighted by Gasteiger charge is 2.18. The van der Waals surface area contributed by atoms with Gasteiger partial charge in [-0.25, -0.2) is 8.60 Å². The van der Waals surface area contributed by atoms with Crippen molar-refractivity contribution in [3.05, 3.63) is 83.7 Å². The molecule has 1 atom stereocenters. The monoisotopic (exact) mass is 482 g/mol. The Bertz CT molecular complexity index is 1310. The van der Waals surface area contributed by atoms with Crippen LogP contribution in [-0.2, 0) is 20.2 Å². The molecule has 0 aliphatic heterocycles. The van der Waals surface area contributed by atoms with Crippen LogP contribution in [0.3, 0.4) is 0 Å². The predicted molar refractivity (Wildman–Crippen MR) is 130 cm³/mol. The first kappa shape index (κ1) is 24.8. The lowest BCUT2D eigenvalue weighted by Crippen LogP contribution is -2.14. The van der Waals surface area contributed by atoms with Gasteiger partial charge in [-0.1, -0.05) is 42.5 Å². The van der Waals surface area contributed by atoms with Gasteiger partial charge in [0.25, 0.3) is 5.91 Å². The smallest absolute Gasteiger partial charge is 0.284 e. The van der Waals surface area contributed by atoms with Gasteiger partial charge in [0.2, 0.25) is 11.1 Å². The fourth-order valence-electron chi connectivity index (χ4n) is 3.26. The summed E-state index contributed by atoms with van der Waals surface area (Å²) in [7, 11) is 1.41. The zero-order valence-electron chi connectivity index (χ0n) is 18.4. The van der Waals surface area contributed by atoms with Gasteiger partial charge >= 0.3 is 0 Å². The lowest BCUT2D eigenvalue weighted by Gasteiger charge is -2.14. The summed E-state index contributed by atoms with van der Waals surface area (Å²) in [5.41, 5.74) is 7.89. The Labute approximate surface area is 198 Å². The number of benzene rings is 3. The molecule has 0 bridgehead atoms. The van der Waals surface area contributed by atoms with Crippen molar-refractivity contribution in [3.8, 4) is 16.9 Å². The number of nitrogens with one attached hydrogen (secondary N) is 2. The third-order valence-electron chi connectivity index (χ3n) is 5.05. The second kappa shape index (κ2) is 10.8. The number of rotatable bonds is 8. The molecule has 0 saturated carbocycles. The number of nitrogens with two attached hydrogens (primary N) is 2. The number of carbonyl (C=O) groups excluding carboxylic acids is 1. The standard InChI is InChI=1S/C24H23FN4O4S/c1-14(15-6-5-7-17(12-15)23(26)27)22(25)24(30)29-19-11-10-16(13-20(19)32-2)18-8-3-4-9-21(18)34(31)33-28/h3-13H,28H2,1-2H3,(H3,26,27)(H,29,30)/b22-14+. The molecule has 0 saturated heterocycles. The molecule has 6 N–H and O–H groups in total. The number of amidine groups is 1. The van der Waals surface area contributed by atoms with E-state index in [2.05, 4.69) is 9.60 Å². The molecule has 3 aromatic rings. The molecule has 0 fully saturated rings. The van der Waals surface area contributed by atoms with Gasteiger partial charge in [0.1, 0.15) is 11.6 Å². The molecule has 176 valence electrons. The molecule has 34 heavy (non-hydrogen) atoms. The minimum absolute atomic E-state index is 0.0920. The summed E-state index contributed by atoms with van der Waals surface area (Å²) in [4.78, 5) is 13.0. The van der Waals surface area contributed by atoms with Crippen LogP contribution in [0.4, 0.5) is 10.1 Å². The summed E-state index contributed by atoms with van der Waals surface area (Å²) in [5, 5.41) is 10.0. The molecule has 0 aromatic heterocycles. The number of carbonyl (C=O) groups is 1. The van der Waals surface area contributed by atoms with E-state index in [0.29, 0.717) is 27.1 Å². The van der Waals surface area contributed by atoms with Crippen LogP contribution in [0, 0.1) is 5.41 Å². The molecule has 0 aliphatic rings. The van der Waals surface area contributed by atoms with Gasteiger partial charge in [0.05, 0.1) is 17.7 Å². The van der Waals surface area contributed by atoms with Crippen LogP contribution in [-0.4, -0.2) is 23.1 Å². The van der Waals surface area contributed by atoms with E-state index in [4.69, 9.17) is 21.8 Å². The van der Waals surface area contributed by atoms with Crippen molar-refractivity contribution >= 4 is 34.1 Å². The first-order valence-corrected chi connectivity index (χ1v) is 11.0. The molecular formula is C24H23FN4O4S. The minimum Gasteiger partial charge on any atom is -0.495 e. The number of methoxy groups -OCH3 is 1. The average molecular weight is 483 g/mol. The van der Waals surface area contributed by atoms with Crippen molar-refractivity contribution < 1.29 is 22.4 Å². The molecule has 1 amide bonds. The number of allylic oxidation sites excluding steroid dienone is 1. The molecule has 0 spiro atoms. The van der Waals surface area contributed by atoms with Gasteiger partial charge in [0.15, 0.2) is 5.83 Å². The number of ether oxygens (including phenoxy) is 1. The number of anilines is 1. The molecule has 3 rings (SSSR count). The topological polar surface area (TPSA) is 141 Å². The van der Waals surface area contributed by atoms with Crippen LogP contribution < -0.4 is 21.7 Å². The second-order valence-corrected chi connectivity index (χ2v) is 8.23. The van der Waals surface area contributed by atoms with Crippen molar-refractivity contribution in [2.45, 2.75) is 11.8 Å². The zero-order chi connectivity index (χ0) is 24.8. The number of nitrogen functional groups attached to an aromatic ring is 1. The first-order chi connectivity index (χ1) is 16.3. The number of hydrogen-bond acceptors (Lipinski definition) is 6. The molecule has 10 heteroatoms. The van der Waals surface area contributed by atoms with Crippen LogP contribution in [0.2, 0.25) is 0 Å². The maximum atomic E-state index is 14.9. The van der Waals surface area contributed by atoms with Crippen LogP contribution >= 0.6 is 0 Å². The highest BCUT2D eigenvalue weighted by atomic mass is 32.2. The molecule has 3 aromatic carbocycles. The maximum Gasteiger partial charge on any atom is 0.284 e. The summed E-state index contributed by atoms with van der Waals surface area (Å²) < 4.78 is 36.9. The van der Waals surface area contributed by atoms with Crippen LogP contribution in [0.5, 0.6) is 5.75 Å². The quantitative estimate of drug-likeness (QED) is 0.166. The SMILES string of the molecule is COc1cc(-c2ccccc2S(=O)ON)ccc1NC(=O)/C(F)=C(/C)c1cccc(C(=N)N)c1. The van der Waals surface area contributed by atoms with E-state index in [1.165, 1.54) is 20.1 Å². The van der Waals surface area contributed by atoms with Gasteiger partial charge in [-0.3, -0.25) is 10.2 Å². The highest BCUT2D eigenvalue weighted by molar-refractivity contribution is 7.80. The van der Waals surface area contributed by atoms with E-state index in [1.807, 2.05) is 0 Å². The molecule has 0 heterocycles.